The summed E-state index contributed by atoms with van der Waals surface area (Å²) in [5, 5.41) is 0.705. The second-order valence-corrected chi connectivity index (χ2v) is 7.87. The number of benzene rings is 1. The molecule has 0 aromatic heterocycles. The van der Waals surface area contributed by atoms with E-state index in [2.05, 4.69) is 5.43 Å². The lowest BCUT2D eigenvalue weighted by Crippen LogP contribution is -2.30. The summed E-state index contributed by atoms with van der Waals surface area (Å²) in [5.41, 5.74) is 4.79. The third-order valence-electron chi connectivity index (χ3n) is 3.70. The van der Waals surface area contributed by atoms with Gasteiger partial charge in [0.25, 0.3) is 0 Å². The number of rotatable bonds is 4. The molecule has 0 radical (unpaired) electrons. The zero-order valence-electron chi connectivity index (χ0n) is 10.9. The standard InChI is InChI=1S/C13H19ClN2O2S/c1-9-2-3-11(7-12(9)14)13(16-15)6-10-4-5-19(17,18)8-10/h2-3,7,10,13,16H,4-6,8,15H2,1H3. The normalized spacial score (nSPS) is 23.4. The highest BCUT2D eigenvalue weighted by Crippen LogP contribution is 2.30. The highest BCUT2D eigenvalue weighted by atomic mass is 35.5. The van der Waals surface area contributed by atoms with Crippen LogP contribution in [0.4, 0.5) is 0 Å². The number of sulfone groups is 1. The number of nitrogens with two attached hydrogens (primary N) is 1. The summed E-state index contributed by atoms with van der Waals surface area (Å²) in [6.07, 6.45) is 1.44. The van der Waals surface area contributed by atoms with E-state index in [0.29, 0.717) is 10.8 Å². The first-order valence-electron chi connectivity index (χ1n) is 6.34. The molecule has 0 saturated carbocycles. The summed E-state index contributed by atoms with van der Waals surface area (Å²) in [7, 11) is -2.84. The van der Waals surface area contributed by atoms with Crippen LogP contribution >= 0.6 is 11.6 Å². The van der Waals surface area contributed by atoms with Crippen molar-refractivity contribution in [1.82, 2.24) is 5.43 Å². The fraction of sp³-hybridized carbons (Fsp3) is 0.538. The summed E-state index contributed by atoms with van der Waals surface area (Å²) in [6, 6.07) is 5.77. The fourth-order valence-electron chi connectivity index (χ4n) is 2.52. The van der Waals surface area contributed by atoms with Crippen LogP contribution in [0, 0.1) is 12.8 Å². The van der Waals surface area contributed by atoms with E-state index in [1.54, 1.807) is 0 Å². The minimum atomic E-state index is -2.84. The topological polar surface area (TPSA) is 72.2 Å². The van der Waals surface area contributed by atoms with E-state index in [-0.39, 0.29) is 17.7 Å². The first-order chi connectivity index (χ1) is 8.91. The van der Waals surface area contributed by atoms with Gasteiger partial charge in [-0.2, -0.15) is 0 Å². The van der Waals surface area contributed by atoms with Crippen LogP contribution in [0.2, 0.25) is 5.02 Å². The molecule has 1 aromatic rings. The molecule has 0 bridgehead atoms. The first-order valence-corrected chi connectivity index (χ1v) is 8.54. The molecule has 2 rings (SSSR count). The van der Waals surface area contributed by atoms with Gasteiger partial charge >= 0.3 is 0 Å². The van der Waals surface area contributed by atoms with Crippen molar-refractivity contribution >= 4 is 21.4 Å². The van der Waals surface area contributed by atoms with Crippen LogP contribution in [-0.4, -0.2) is 19.9 Å². The number of aryl methyl sites for hydroxylation is 1. The van der Waals surface area contributed by atoms with E-state index in [1.807, 2.05) is 25.1 Å². The second kappa shape index (κ2) is 5.79. The van der Waals surface area contributed by atoms with Crippen molar-refractivity contribution in [2.24, 2.45) is 11.8 Å². The summed E-state index contributed by atoms with van der Waals surface area (Å²) in [5.74, 6) is 6.33. The SMILES string of the molecule is Cc1ccc(C(CC2CCS(=O)(=O)C2)NN)cc1Cl. The van der Waals surface area contributed by atoms with Gasteiger partial charge in [0, 0.05) is 11.1 Å². The van der Waals surface area contributed by atoms with Gasteiger partial charge in [-0.05, 0) is 42.9 Å². The van der Waals surface area contributed by atoms with E-state index in [9.17, 15) is 8.42 Å². The average Bonchev–Trinajstić information content (AvgIpc) is 2.69. The van der Waals surface area contributed by atoms with Gasteiger partial charge in [-0.3, -0.25) is 11.3 Å². The van der Waals surface area contributed by atoms with Crippen LogP contribution in [-0.2, 0) is 9.84 Å². The average molecular weight is 303 g/mol. The van der Waals surface area contributed by atoms with Gasteiger partial charge in [-0.25, -0.2) is 8.42 Å². The van der Waals surface area contributed by atoms with Crippen molar-refractivity contribution in [3.8, 4) is 0 Å². The lowest BCUT2D eigenvalue weighted by Gasteiger charge is -2.20. The molecule has 106 valence electrons. The third kappa shape index (κ3) is 3.69. The van der Waals surface area contributed by atoms with Crippen molar-refractivity contribution in [3.05, 3.63) is 34.3 Å². The molecule has 3 N–H and O–H groups in total. The quantitative estimate of drug-likeness (QED) is 0.659. The molecule has 0 spiro atoms. The molecule has 19 heavy (non-hydrogen) atoms. The largest absolute Gasteiger partial charge is 0.271 e. The zero-order chi connectivity index (χ0) is 14.0. The Morgan fingerprint density at radius 2 is 2.26 bits per heavy atom. The Hall–Kier alpha value is -0.620. The van der Waals surface area contributed by atoms with Crippen LogP contribution in [0.25, 0.3) is 0 Å². The second-order valence-electron chi connectivity index (χ2n) is 5.23. The smallest absolute Gasteiger partial charge is 0.150 e. The van der Waals surface area contributed by atoms with Gasteiger partial charge in [-0.15, -0.1) is 0 Å². The van der Waals surface area contributed by atoms with E-state index >= 15 is 0 Å². The molecule has 1 fully saturated rings. The Labute approximate surface area is 119 Å². The highest BCUT2D eigenvalue weighted by Gasteiger charge is 2.30. The van der Waals surface area contributed by atoms with E-state index < -0.39 is 9.84 Å². The van der Waals surface area contributed by atoms with Crippen LogP contribution in [0.15, 0.2) is 18.2 Å². The minimum absolute atomic E-state index is 0.0589. The number of hydrazine groups is 1. The molecule has 6 heteroatoms. The molecular weight excluding hydrogens is 284 g/mol. The van der Waals surface area contributed by atoms with Gasteiger partial charge < -0.3 is 0 Å². The van der Waals surface area contributed by atoms with Gasteiger partial charge in [0.2, 0.25) is 0 Å². The number of hydrogen-bond donors (Lipinski definition) is 2. The zero-order valence-corrected chi connectivity index (χ0v) is 12.5. The van der Waals surface area contributed by atoms with Crippen molar-refractivity contribution in [2.75, 3.05) is 11.5 Å². The van der Waals surface area contributed by atoms with Gasteiger partial charge in [0.1, 0.15) is 0 Å². The Morgan fingerprint density at radius 3 is 2.79 bits per heavy atom. The molecule has 1 saturated heterocycles. The molecule has 4 nitrogen and oxygen atoms in total. The summed E-state index contributed by atoms with van der Waals surface area (Å²) in [4.78, 5) is 0. The third-order valence-corrected chi connectivity index (χ3v) is 5.94. The van der Waals surface area contributed by atoms with Crippen molar-refractivity contribution in [3.63, 3.8) is 0 Å². The Balaban J connectivity index is 2.10. The molecule has 1 aliphatic heterocycles. The Bertz CT molecular complexity index is 560. The van der Waals surface area contributed by atoms with Gasteiger partial charge in [0.15, 0.2) is 9.84 Å². The van der Waals surface area contributed by atoms with E-state index in [0.717, 1.165) is 24.0 Å². The predicted octanol–water partition coefficient (Wildman–Crippen LogP) is 1.98. The molecule has 1 aromatic carbocycles. The lowest BCUT2D eigenvalue weighted by atomic mass is 9.94. The number of halogens is 1. The van der Waals surface area contributed by atoms with Crippen LogP contribution < -0.4 is 11.3 Å². The van der Waals surface area contributed by atoms with Crippen molar-refractivity contribution < 1.29 is 8.42 Å². The first kappa shape index (κ1) is 14.8. The maximum absolute atomic E-state index is 11.5. The Morgan fingerprint density at radius 1 is 1.53 bits per heavy atom. The van der Waals surface area contributed by atoms with Crippen LogP contribution in [0.1, 0.15) is 30.0 Å². The van der Waals surface area contributed by atoms with Crippen LogP contribution in [0.5, 0.6) is 0 Å². The molecule has 0 amide bonds. The van der Waals surface area contributed by atoms with Gasteiger partial charge in [-0.1, -0.05) is 23.7 Å². The predicted molar refractivity (Wildman–Crippen MR) is 77.6 cm³/mol. The lowest BCUT2D eigenvalue weighted by molar-refractivity contribution is 0.421. The molecular formula is C13H19ClN2O2S. The van der Waals surface area contributed by atoms with E-state index in [4.69, 9.17) is 17.4 Å². The van der Waals surface area contributed by atoms with E-state index in [1.165, 1.54) is 0 Å². The van der Waals surface area contributed by atoms with Crippen molar-refractivity contribution in [2.45, 2.75) is 25.8 Å². The number of hydrogen-bond acceptors (Lipinski definition) is 4. The molecule has 1 heterocycles. The minimum Gasteiger partial charge on any atom is -0.271 e. The van der Waals surface area contributed by atoms with Crippen LogP contribution in [0.3, 0.4) is 0 Å². The monoisotopic (exact) mass is 302 g/mol. The maximum Gasteiger partial charge on any atom is 0.150 e. The van der Waals surface area contributed by atoms with Crippen molar-refractivity contribution in [1.29, 1.82) is 0 Å². The number of nitrogens with one attached hydrogen (secondary N) is 1. The fourth-order valence-corrected chi connectivity index (χ4v) is 4.59. The summed E-state index contributed by atoms with van der Waals surface area (Å²) >= 11 is 6.11. The van der Waals surface area contributed by atoms with Gasteiger partial charge in [0.05, 0.1) is 11.5 Å². The summed E-state index contributed by atoms with van der Waals surface area (Å²) in [6.45, 7) is 1.94. The highest BCUT2D eigenvalue weighted by molar-refractivity contribution is 7.91. The maximum atomic E-state index is 11.5. The molecule has 0 aliphatic carbocycles. The molecule has 2 unspecified atom stereocenters. The Kier molecular flexibility index (Phi) is 4.50. The molecule has 1 aliphatic rings. The summed E-state index contributed by atoms with van der Waals surface area (Å²) < 4.78 is 22.9. The molecule has 2 atom stereocenters.